The van der Waals surface area contributed by atoms with Crippen LogP contribution in [0.1, 0.15) is 36.6 Å². The van der Waals surface area contributed by atoms with E-state index in [-0.39, 0.29) is 6.04 Å². The van der Waals surface area contributed by atoms with Gasteiger partial charge >= 0.3 is 0 Å². The van der Waals surface area contributed by atoms with Crippen LogP contribution in [0.5, 0.6) is 11.5 Å². The fourth-order valence-corrected chi connectivity index (χ4v) is 3.55. The van der Waals surface area contributed by atoms with Gasteiger partial charge in [0.05, 0.1) is 6.61 Å². The van der Waals surface area contributed by atoms with Crippen molar-refractivity contribution in [1.82, 2.24) is 5.32 Å². The first kappa shape index (κ1) is 21.7. The van der Waals surface area contributed by atoms with Gasteiger partial charge < -0.3 is 14.8 Å². The molecule has 0 aliphatic rings. The molecule has 0 aliphatic carbocycles. The normalized spacial score (nSPS) is 11.9. The maximum absolute atomic E-state index is 6.03. The topological polar surface area (TPSA) is 30.5 Å². The molecule has 1 atom stereocenters. The summed E-state index contributed by atoms with van der Waals surface area (Å²) in [5.74, 6) is 1.46. The van der Waals surface area contributed by atoms with E-state index in [0.29, 0.717) is 30.5 Å². The third-order valence-corrected chi connectivity index (χ3v) is 5.61. The van der Waals surface area contributed by atoms with E-state index in [4.69, 9.17) is 21.1 Å². The van der Waals surface area contributed by atoms with E-state index < -0.39 is 0 Å². The molecule has 1 unspecified atom stereocenters. The molecule has 0 amide bonds. The van der Waals surface area contributed by atoms with Crippen LogP contribution in [0.2, 0.25) is 5.02 Å². The molecule has 152 valence electrons. The van der Waals surface area contributed by atoms with Crippen LogP contribution < -0.4 is 14.8 Å². The average molecular weight is 475 g/mol. The number of hydrogen-bond donors (Lipinski definition) is 1. The Balaban J connectivity index is 1.70. The Morgan fingerprint density at radius 1 is 0.966 bits per heavy atom. The Labute approximate surface area is 186 Å². The Bertz CT molecular complexity index is 916. The zero-order valence-corrected chi connectivity index (χ0v) is 19.0. The van der Waals surface area contributed by atoms with Crippen LogP contribution in [-0.2, 0) is 13.2 Å². The van der Waals surface area contributed by atoms with Crippen molar-refractivity contribution >= 4 is 27.5 Å². The number of rotatable bonds is 9. The van der Waals surface area contributed by atoms with Gasteiger partial charge in [0.25, 0.3) is 0 Å². The highest BCUT2D eigenvalue weighted by atomic mass is 79.9. The summed E-state index contributed by atoms with van der Waals surface area (Å²) in [4.78, 5) is 0. The first-order chi connectivity index (χ1) is 14.1. The minimum Gasteiger partial charge on any atom is -0.490 e. The van der Waals surface area contributed by atoms with E-state index in [1.165, 1.54) is 5.56 Å². The van der Waals surface area contributed by atoms with Gasteiger partial charge in [-0.1, -0.05) is 70.0 Å². The van der Waals surface area contributed by atoms with E-state index in [2.05, 4.69) is 52.4 Å². The van der Waals surface area contributed by atoms with Gasteiger partial charge in [0.2, 0.25) is 0 Å². The van der Waals surface area contributed by atoms with Crippen molar-refractivity contribution in [2.24, 2.45) is 0 Å². The van der Waals surface area contributed by atoms with Crippen LogP contribution in [0.15, 0.2) is 71.2 Å². The third kappa shape index (κ3) is 6.23. The molecular formula is C24H25BrClNO2. The molecule has 3 aromatic carbocycles. The van der Waals surface area contributed by atoms with Gasteiger partial charge in [-0.05, 0) is 54.8 Å². The maximum Gasteiger partial charge on any atom is 0.162 e. The van der Waals surface area contributed by atoms with Gasteiger partial charge in [-0.15, -0.1) is 0 Å². The summed E-state index contributed by atoms with van der Waals surface area (Å²) in [6.07, 6.45) is 0. The predicted octanol–water partition coefficient (Wildman–Crippen LogP) is 6.93. The minimum atomic E-state index is 0.250. The summed E-state index contributed by atoms with van der Waals surface area (Å²) in [5.41, 5.74) is 3.43. The first-order valence-electron chi connectivity index (χ1n) is 9.67. The smallest absolute Gasteiger partial charge is 0.162 e. The maximum atomic E-state index is 6.03. The van der Waals surface area contributed by atoms with Gasteiger partial charge in [0, 0.05) is 22.1 Å². The monoisotopic (exact) mass is 473 g/mol. The molecule has 29 heavy (non-hydrogen) atoms. The Morgan fingerprint density at radius 2 is 1.66 bits per heavy atom. The lowest BCUT2D eigenvalue weighted by atomic mass is 10.1. The summed E-state index contributed by atoms with van der Waals surface area (Å²) >= 11 is 9.63. The van der Waals surface area contributed by atoms with E-state index in [1.54, 1.807) is 0 Å². The number of halogens is 2. The molecule has 0 radical (unpaired) electrons. The average Bonchev–Trinajstić information content (AvgIpc) is 2.74. The van der Waals surface area contributed by atoms with E-state index in [9.17, 15) is 0 Å². The van der Waals surface area contributed by atoms with E-state index >= 15 is 0 Å². The Morgan fingerprint density at radius 3 is 2.34 bits per heavy atom. The molecule has 0 bridgehead atoms. The summed E-state index contributed by atoms with van der Waals surface area (Å²) in [6.45, 7) is 5.88. The second-order valence-corrected chi connectivity index (χ2v) is 8.04. The Hall–Kier alpha value is -2.01. The molecule has 0 saturated carbocycles. The van der Waals surface area contributed by atoms with Crippen molar-refractivity contribution < 1.29 is 9.47 Å². The molecule has 1 N–H and O–H groups in total. The van der Waals surface area contributed by atoms with Crippen molar-refractivity contribution in [3.63, 3.8) is 0 Å². The fraction of sp³-hybridized carbons (Fsp3) is 0.250. The van der Waals surface area contributed by atoms with E-state index in [1.807, 2.05) is 49.4 Å². The molecule has 0 heterocycles. The highest BCUT2D eigenvalue weighted by Crippen LogP contribution is 2.34. The lowest BCUT2D eigenvalue weighted by Crippen LogP contribution is -2.18. The number of nitrogens with one attached hydrogen (secondary N) is 1. The van der Waals surface area contributed by atoms with Crippen molar-refractivity contribution in [3.05, 3.63) is 92.9 Å². The molecule has 0 spiro atoms. The van der Waals surface area contributed by atoms with Crippen LogP contribution in [-0.4, -0.2) is 6.61 Å². The van der Waals surface area contributed by atoms with Gasteiger partial charge in [0.15, 0.2) is 11.5 Å². The fourth-order valence-electron chi connectivity index (χ4n) is 2.96. The lowest BCUT2D eigenvalue weighted by molar-refractivity contribution is 0.269. The zero-order chi connectivity index (χ0) is 20.6. The van der Waals surface area contributed by atoms with Crippen LogP contribution in [0.25, 0.3) is 0 Å². The standard InChI is InChI=1S/C24H25BrClNO2/c1-3-28-23-13-20(15-27-17(2)19-7-5-4-6-8-19)22(25)14-24(23)29-16-18-9-11-21(26)12-10-18/h4-14,17,27H,3,15-16H2,1-2H3. The first-order valence-corrected chi connectivity index (χ1v) is 10.8. The number of benzene rings is 3. The molecule has 0 fully saturated rings. The number of hydrogen-bond acceptors (Lipinski definition) is 3. The summed E-state index contributed by atoms with van der Waals surface area (Å²) in [7, 11) is 0. The van der Waals surface area contributed by atoms with Crippen molar-refractivity contribution in [1.29, 1.82) is 0 Å². The third-order valence-electron chi connectivity index (χ3n) is 4.62. The minimum absolute atomic E-state index is 0.250. The molecule has 0 aliphatic heterocycles. The summed E-state index contributed by atoms with van der Waals surface area (Å²) < 4.78 is 12.9. The summed E-state index contributed by atoms with van der Waals surface area (Å²) in [6, 6.07) is 22.3. The quantitative estimate of drug-likeness (QED) is 0.365. The molecule has 3 nitrogen and oxygen atoms in total. The van der Waals surface area contributed by atoms with Crippen LogP contribution in [0, 0.1) is 0 Å². The van der Waals surface area contributed by atoms with Gasteiger partial charge in [0.1, 0.15) is 6.61 Å². The van der Waals surface area contributed by atoms with Crippen LogP contribution in [0.4, 0.5) is 0 Å². The van der Waals surface area contributed by atoms with Crippen LogP contribution >= 0.6 is 27.5 Å². The predicted molar refractivity (Wildman–Crippen MR) is 123 cm³/mol. The molecule has 3 rings (SSSR count). The molecule has 5 heteroatoms. The van der Waals surface area contributed by atoms with Crippen molar-refractivity contribution in [2.75, 3.05) is 6.61 Å². The van der Waals surface area contributed by atoms with E-state index in [0.717, 1.165) is 21.3 Å². The molecule has 0 saturated heterocycles. The lowest BCUT2D eigenvalue weighted by Gasteiger charge is -2.18. The Kier molecular flexibility index (Phi) is 7.99. The van der Waals surface area contributed by atoms with Crippen molar-refractivity contribution in [3.8, 4) is 11.5 Å². The van der Waals surface area contributed by atoms with Gasteiger partial charge in [-0.3, -0.25) is 0 Å². The second-order valence-electron chi connectivity index (χ2n) is 6.75. The van der Waals surface area contributed by atoms with Crippen molar-refractivity contribution in [2.45, 2.75) is 33.0 Å². The number of ether oxygens (including phenoxy) is 2. The SMILES string of the molecule is CCOc1cc(CNC(C)c2ccccc2)c(Br)cc1OCc1ccc(Cl)cc1. The van der Waals surface area contributed by atoms with Gasteiger partial charge in [-0.2, -0.15) is 0 Å². The molecule has 0 aromatic heterocycles. The molecule has 3 aromatic rings. The zero-order valence-electron chi connectivity index (χ0n) is 16.6. The molecular weight excluding hydrogens is 450 g/mol. The van der Waals surface area contributed by atoms with Gasteiger partial charge in [-0.25, -0.2) is 0 Å². The largest absolute Gasteiger partial charge is 0.490 e. The van der Waals surface area contributed by atoms with Crippen LogP contribution in [0.3, 0.4) is 0 Å². The second kappa shape index (κ2) is 10.7. The highest BCUT2D eigenvalue weighted by molar-refractivity contribution is 9.10. The highest BCUT2D eigenvalue weighted by Gasteiger charge is 2.13. The summed E-state index contributed by atoms with van der Waals surface area (Å²) in [5, 5.41) is 4.28.